The third kappa shape index (κ3) is 3.23. The van der Waals surface area contributed by atoms with Crippen LogP contribution in [0.1, 0.15) is 35.8 Å². The van der Waals surface area contributed by atoms with Crippen LogP contribution in [0, 0.1) is 0 Å². The molecule has 1 amide bonds. The van der Waals surface area contributed by atoms with Crippen molar-refractivity contribution in [3.8, 4) is 11.1 Å². The van der Waals surface area contributed by atoms with E-state index < -0.39 is 18.1 Å². The van der Waals surface area contributed by atoms with Crippen LogP contribution in [-0.2, 0) is 0 Å². The number of amides is 1. The van der Waals surface area contributed by atoms with Crippen molar-refractivity contribution in [2.45, 2.75) is 37.5 Å². The highest BCUT2D eigenvalue weighted by atomic mass is 19.1. The number of nitrogens with one attached hydrogen (secondary N) is 1. The number of hydrogen-bond acceptors (Lipinski definition) is 6. The Balaban J connectivity index is 1.41. The lowest BCUT2D eigenvalue weighted by Crippen LogP contribution is -2.31. The van der Waals surface area contributed by atoms with Crippen molar-refractivity contribution in [1.29, 1.82) is 0 Å². The molecule has 1 aliphatic carbocycles. The molecule has 3 N–H and O–H groups in total. The molecule has 1 saturated heterocycles. The smallest absolute Gasteiger partial charge is 0.271 e. The third-order valence-corrected chi connectivity index (χ3v) is 5.81. The largest absolute Gasteiger partial charge is 0.395 e. The fourth-order valence-electron chi connectivity index (χ4n) is 3.83. The zero-order chi connectivity index (χ0) is 20.1. The lowest BCUT2D eigenvalue weighted by Gasteiger charge is -2.28. The maximum Gasteiger partial charge on any atom is 0.271 e. The van der Waals surface area contributed by atoms with Crippen LogP contribution >= 0.6 is 0 Å². The van der Waals surface area contributed by atoms with Gasteiger partial charge in [0, 0.05) is 23.7 Å². The number of nitrogen functional groups attached to an aromatic ring is 1. The molecule has 0 bridgehead atoms. The van der Waals surface area contributed by atoms with Gasteiger partial charge in [-0.05, 0) is 33.0 Å². The topological polar surface area (TPSA) is 106 Å². The lowest BCUT2D eigenvalue weighted by molar-refractivity contribution is 0.0940. The molecule has 152 valence electrons. The molecule has 0 spiro atoms. The van der Waals surface area contributed by atoms with Gasteiger partial charge in [-0.15, -0.1) is 0 Å². The number of piperidine rings is 1. The molecule has 4 heterocycles. The van der Waals surface area contributed by atoms with Crippen molar-refractivity contribution in [1.82, 2.24) is 34.6 Å². The van der Waals surface area contributed by atoms with E-state index in [0.29, 0.717) is 23.8 Å². The highest BCUT2D eigenvalue weighted by molar-refractivity contribution is 5.95. The molecule has 2 atom stereocenters. The molecule has 2 aliphatic rings. The van der Waals surface area contributed by atoms with E-state index in [-0.39, 0.29) is 5.69 Å². The zero-order valence-corrected chi connectivity index (χ0v) is 16.1. The van der Waals surface area contributed by atoms with Gasteiger partial charge < -0.3 is 16.0 Å². The molecule has 3 aromatic rings. The number of carbonyl (C=O) groups excluding carboxylic acids is 1. The fourth-order valence-corrected chi connectivity index (χ4v) is 3.83. The molecule has 2 fully saturated rings. The van der Waals surface area contributed by atoms with Gasteiger partial charge in [0.15, 0.2) is 11.3 Å². The highest BCUT2D eigenvalue weighted by Gasteiger charge is 2.39. The predicted molar refractivity (Wildman–Crippen MR) is 105 cm³/mol. The Kier molecular flexibility index (Phi) is 4.23. The second-order valence-corrected chi connectivity index (χ2v) is 7.93. The Morgan fingerprint density at radius 2 is 2.00 bits per heavy atom. The molecule has 1 saturated carbocycles. The van der Waals surface area contributed by atoms with Crippen LogP contribution in [0.5, 0.6) is 0 Å². The molecule has 3 aromatic heterocycles. The number of nitrogens with two attached hydrogens (primary N) is 1. The first-order valence-corrected chi connectivity index (χ1v) is 9.81. The summed E-state index contributed by atoms with van der Waals surface area (Å²) < 4.78 is 16.5. The average Bonchev–Trinajstić information content (AvgIpc) is 3.13. The first-order chi connectivity index (χ1) is 14.0. The Labute approximate surface area is 166 Å². The predicted octanol–water partition coefficient (Wildman–Crippen LogP) is 1.28. The SMILES string of the molecule is CN1CCC(n2cc(-c3cnn4c(C(=O)N[C@@H]5C[C@@H]5F)cnc4c3N)cn2)CC1. The number of nitrogens with zero attached hydrogens (tertiary/aromatic N) is 6. The van der Waals surface area contributed by atoms with Crippen LogP contribution in [0.15, 0.2) is 24.8 Å². The number of carbonyl (C=O) groups is 1. The summed E-state index contributed by atoms with van der Waals surface area (Å²) in [6.45, 7) is 2.11. The normalized spacial score (nSPS) is 22.8. The number of aromatic nitrogens is 5. The van der Waals surface area contributed by atoms with Gasteiger partial charge >= 0.3 is 0 Å². The summed E-state index contributed by atoms with van der Waals surface area (Å²) in [6.07, 6.45) is 8.31. The average molecular weight is 398 g/mol. The Hall–Kier alpha value is -3.01. The standard InChI is InChI=1S/C19H23FN8O/c1-26-4-2-12(3-5-26)27-10-11(7-23-27)13-8-24-28-16(9-22-18(28)17(13)21)19(29)25-15-6-14(15)20/h7-10,12,14-15H,2-6,21H2,1H3,(H,25,29)/t14-,15+/m0/s1. The molecular weight excluding hydrogens is 375 g/mol. The van der Waals surface area contributed by atoms with Gasteiger partial charge in [-0.2, -0.15) is 10.2 Å². The number of hydrogen-bond donors (Lipinski definition) is 2. The maximum absolute atomic E-state index is 13.1. The Morgan fingerprint density at radius 1 is 1.24 bits per heavy atom. The number of anilines is 1. The van der Waals surface area contributed by atoms with E-state index in [1.807, 2.05) is 10.9 Å². The second-order valence-electron chi connectivity index (χ2n) is 7.93. The summed E-state index contributed by atoms with van der Waals surface area (Å²) in [5, 5.41) is 11.5. The summed E-state index contributed by atoms with van der Waals surface area (Å²) in [4.78, 5) is 18.9. The molecule has 1 aliphatic heterocycles. The van der Waals surface area contributed by atoms with Gasteiger partial charge in [0.05, 0.1) is 36.4 Å². The highest BCUT2D eigenvalue weighted by Crippen LogP contribution is 2.30. The number of imidazole rings is 1. The van der Waals surface area contributed by atoms with Crippen LogP contribution in [0.4, 0.5) is 10.1 Å². The number of alkyl halides is 1. The molecule has 0 radical (unpaired) electrons. The quantitative estimate of drug-likeness (QED) is 0.686. The molecule has 0 aromatic carbocycles. The van der Waals surface area contributed by atoms with Crippen molar-refractivity contribution in [3.63, 3.8) is 0 Å². The lowest BCUT2D eigenvalue weighted by atomic mass is 10.1. The fraction of sp³-hybridized carbons (Fsp3) is 0.474. The monoisotopic (exact) mass is 398 g/mol. The first kappa shape index (κ1) is 18.0. The van der Waals surface area contributed by atoms with Crippen LogP contribution in [0.2, 0.25) is 0 Å². The van der Waals surface area contributed by atoms with Gasteiger partial charge in [0.25, 0.3) is 5.91 Å². The second kappa shape index (κ2) is 6.80. The molecule has 10 heteroatoms. The van der Waals surface area contributed by atoms with Crippen molar-refractivity contribution >= 4 is 17.2 Å². The number of halogens is 1. The Morgan fingerprint density at radius 3 is 2.72 bits per heavy atom. The molecular formula is C19H23FN8O. The number of likely N-dealkylation sites (tertiary alicyclic amines) is 1. The van der Waals surface area contributed by atoms with E-state index in [1.54, 1.807) is 12.4 Å². The van der Waals surface area contributed by atoms with Gasteiger partial charge in [0.1, 0.15) is 6.17 Å². The first-order valence-electron chi connectivity index (χ1n) is 9.81. The van der Waals surface area contributed by atoms with Gasteiger partial charge in [-0.3, -0.25) is 9.48 Å². The maximum atomic E-state index is 13.1. The van der Waals surface area contributed by atoms with Crippen LogP contribution < -0.4 is 11.1 Å². The molecule has 9 nitrogen and oxygen atoms in total. The van der Waals surface area contributed by atoms with Crippen molar-refractivity contribution in [3.05, 3.63) is 30.5 Å². The Bertz CT molecular complexity index is 1070. The minimum Gasteiger partial charge on any atom is -0.395 e. The van der Waals surface area contributed by atoms with Crippen LogP contribution in [-0.4, -0.2) is 67.5 Å². The van der Waals surface area contributed by atoms with E-state index in [1.165, 1.54) is 10.7 Å². The van der Waals surface area contributed by atoms with Crippen LogP contribution in [0.25, 0.3) is 16.8 Å². The van der Waals surface area contributed by atoms with Crippen molar-refractivity contribution < 1.29 is 9.18 Å². The van der Waals surface area contributed by atoms with Crippen molar-refractivity contribution in [2.24, 2.45) is 0 Å². The summed E-state index contributed by atoms with van der Waals surface area (Å²) >= 11 is 0. The van der Waals surface area contributed by atoms with E-state index in [0.717, 1.165) is 37.1 Å². The number of rotatable bonds is 4. The van der Waals surface area contributed by atoms with Gasteiger partial charge in [-0.25, -0.2) is 13.9 Å². The number of fused-ring (bicyclic) bond motifs is 1. The van der Waals surface area contributed by atoms with Gasteiger partial charge in [-0.1, -0.05) is 0 Å². The van der Waals surface area contributed by atoms with Crippen LogP contribution in [0.3, 0.4) is 0 Å². The van der Waals surface area contributed by atoms with E-state index in [2.05, 4.69) is 32.4 Å². The summed E-state index contributed by atoms with van der Waals surface area (Å²) in [7, 11) is 2.13. The summed E-state index contributed by atoms with van der Waals surface area (Å²) in [5.74, 6) is -0.405. The summed E-state index contributed by atoms with van der Waals surface area (Å²) in [5.41, 5.74) is 8.99. The van der Waals surface area contributed by atoms with Crippen molar-refractivity contribution in [2.75, 3.05) is 25.9 Å². The molecule has 29 heavy (non-hydrogen) atoms. The van der Waals surface area contributed by atoms with Gasteiger partial charge in [0.2, 0.25) is 0 Å². The minimum absolute atomic E-state index is 0.236. The summed E-state index contributed by atoms with van der Waals surface area (Å²) in [6, 6.07) is -0.0450. The minimum atomic E-state index is -0.969. The molecule has 5 rings (SSSR count). The third-order valence-electron chi connectivity index (χ3n) is 5.81. The van der Waals surface area contributed by atoms with E-state index in [9.17, 15) is 9.18 Å². The zero-order valence-electron chi connectivity index (χ0n) is 16.1. The molecule has 0 unspecified atom stereocenters. The van der Waals surface area contributed by atoms with E-state index in [4.69, 9.17) is 5.73 Å². The van der Waals surface area contributed by atoms with E-state index >= 15 is 0 Å².